The van der Waals surface area contributed by atoms with E-state index < -0.39 is 0 Å². The Morgan fingerprint density at radius 3 is 3.06 bits per heavy atom. The second kappa shape index (κ2) is 4.86. The Kier molecular flexibility index (Phi) is 3.67. The van der Waals surface area contributed by atoms with Crippen LogP contribution in [0.15, 0.2) is 17.5 Å². The van der Waals surface area contributed by atoms with Crippen molar-refractivity contribution in [3.63, 3.8) is 0 Å². The van der Waals surface area contributed by atoms with Crippen molar-refractivity contribution in [1.29, 1.82) is 0 Å². The second-order valence-corrected chi connectivity index (χ2v) is 6.17. The van der Waals surface area contributed by atoms with Gasteiger partial charge in [-0.3, -0.25) is 0 Å². The maximum atomic E-state index is 10.5. The fourth-order valence-electron chi connectivity index (χ4n) is 2.99. The van der Waals surface area contributed by atoms with E-state index in [0.29, 0.717) is 12.5 Å². The van der Waals surface area contributed by atoms with Crippen LogP contribution in [0, 0.1) is 11.3 Å². The molecule has 0 spiro atoms. The molecule has 3 N–H and O–H groups in total. The molecule has 0 amide bonds. The Morgan fingerprint density at radius 2 is 2.50 bits per heavy atom. The summed E-state index contributed by atoms with van der Waals surface area (Å²) in [5.74, 6) is 0.687. The van der Waals surface area contributed by atoms with Crippen molar-refractivity contribution in [3.05, 3.63) is 22.4 Å². The Labute approximate surface area is 101 Å². The molecule has 0 radical (unpaired) electrons. The van der Waals surface area contributed by atoms with Crippen LogP contribution in [0.1, 0.15) is 43.6 Å². The van der Waals surface area contributed by atoms with Crippen molar-refractivity contribution in [2.45, 2.75) is 38.7 Å². The van der Waals surface area contributed by atoms with Crippen molar-refractivity contribution in [2.24, 2.45) is 17.1 Å². The maximum absolute atomic E-state index is 10.5. The molecule has 90 valence electrons. The highest BCUT2D eigenvalue weighted by Gasteiger charge is 2.41. The highest BCUT2D eigenvalue weighted by molar-refractivity contribution is 7.10. The zero-order valence-corrected chi connectivity index (χ0v) is 10.7. The molecule has 0 aliphatic heterocycles. The zero-order chi connectivity index (χ0) is 11.6. The summed E-state index contributed by atoms with van der Waals surface area (Å²) in [5.41, 5.74) is 5.87. The van der Waals surface area contributed by atoms with E-state index in [2.05, 4.69) is 6.92 Å². The van der Waals surface area contributed by atoms with Crippen LogP contribution in [0.3, 0.4) is 0 Å². The lowest BCUT2D eigenvalue weighted by Gasteiger charge is -2.42. The van der Waals surface area contributed by atoms with Crippen LogP contribution in [-0.2, 0) is 0 Å². The number of thiophene rings is 1. The van der Waals surface area contributed by atoms with Crippen LogP contribution in [0.25, 0.3) is 0 Å². The van der Waals surface area contributed by atoms with Gasteiger partial charge in [0.05, 0.1) is 6.10 Å². The Morgan fingerprint density at radius 1 is 1.69 bits per heavy atom. The molecule has 2 rings (SSSR count). The molecule has 3 atom stereocenters. The molecule has 0 saturated heterocycles. The average molecular weight is 239 g/mol. The summed E-state index contributed by atoms with van der Waals surface area (Å²) in [4.78, 5) is 1.07. The van der Waals surface area contributed by atoms with Crippen LogP contribution in [-0.4, -0.2) is 11.7 Å². The lowest BCUT2D eigenvalue weighted by atomic mass is 9.66. The standard InChI is InChI=1S/C13H21NOS/c1-10-4-2-6-13(8-10,9-14)12(15)11-5-3-7-16-11/h3,5,7,10,12,15H,2,4,6,8-9,14H2,1H3. The van der Waals surface area contributed by atoms with E-state index in [1.807, 2.05) is 17.5 Å². The molecule has 1 saturated carbocycles. The van der Waals surface area contributed by atoms with E-state index in [0.717, 1.165) is 17.7 Å². The number of nitrogens with two attached hydrogens (primary N) is 1. The quantitative estimate of drug-likeness (QED) is 0.852. The minimum Gasteiger partial charge on any atom is -0.387 e. The molecule has 1 heterocycles. The second-order valence-electron chi connectivity index (χ2n) is 5.19. The van der Waals surface area contributed by atoms with Crippen LogP contribution >= 0.6 is 11.3 Å². The predicted molar refractivity (Wildman–Crippen MR) is 68.4 cm³/mol. The van der Waals surface area contributed by atoms with E-state index in [9.17, 15) is 5.11 Å². The molecule has 1 aromatic rings. The molecule has 1 aliphatic carbocycles. The van der Waals surface area contributed by atoms with Crippen molar-refractivity contribution in [3.8, 4) is 0 Å². The zero-order valence-electron chi connectivity index (χ0n) is 9.86. The molecular formula is C13H21NOS. The Balaban J connectivity index is 2.20. The number of rotatable bonds is 3. The smallest absolute Gasteiger partial charge is 0.0950 e. The lowest BCUT2D eigenvalue weighted by Crippen LogP contribution is -2.40. The molecule has 3 unspecified atom stereocenters. The van der Waals surface area contributed by atoms with Gasteiger partial charge < -0.3 is 10.8 Å². The topological polar surface area (TPSA) is 46.2 Å². The van der Waals surface area contributed by atoms with E-state index in [4.69, 9.17) is 5.73 Å². The average Bonchev–Trinajstić information content (AvgIpc) is 2.81. The summed E-state index contributed by atoms with van der Waals surface area (Å²) in [6.45, 7) is 2.86. The first-order valence-electron chi connectivity index (χ1n) is 6.09. The third kappa shape index (κ3) is 2.17. The van der Waals surface area contributed by atoms with E-state index in [-0.39, 0.29) is 11.5 Å². The van der Waals surface area contributed by atoms with Gasteiger partial charge in [-0.05, 0) is 30.2 Å². The normalized spacial score (nSPS) is 32.6. The largest absolute Gasteiger partial charge is 0.387 e. The molecule has 0 aromatic carbocycles. The number of hydrogen-bond acceptors (Lipinski definition) is 3. The number of aliphatic hydroxyl groups is 1. The van der Waals surface area contributed by atoms with Crippen LogP contribution in [0.4, 0.5) is 0 Å². The van der Waals surface area contributed by atoms with Gasteiger partial charge >= 0.3 is 0 Å². The first kappa shape index (κ1) is 12.1. The summed E-state index contributed by atoms with van der Waals surface area (Å²) < 4.78 is 0. The number of hydrogen-bond donors (Lipinski definition) is 2. The molecule has 16 heavy (non-hydrogen) atoms. The Hall–Kier alpha value is -0.380. The van der Waals surface area contributed by atoms with Crippen molar-refractivity contribution >= 4 is 11.3 Å². The van der Waals surface area contributed by atoms with Gasteiger partial charge in [-0.15, -0.1) is 11.3 Å². The first-order chi connectivity index (χ1) is 7.68. The van der Waals surface area contributed by atoms with Gasteiger partial charge in [-0.2, -0.15) is 0 Å². The summed E-state index contributed by atoms with van der Waals surface area (Å²) in [7, 11) is 0. The highest BCUT2D eigenvalue weighted by atomic mass is 32.1. The summed E-state index contributed by atoms with van der Waals surface area (Å²) in [6, 6.07) is 4.02. The predicted octanol–water partition coefficient (Wildman–Crippen LogP) is 2.94. The first-order valence-corrected chi connectivity index (χ1v) is 6.97. The van der Waals surface area contributed by atoms with Crippen molar-refractivity contribution in [1.82, 2.24) is 0 Å². The van der Waals surface area contributed by atoms with Gasteiger partial charge in [-0.25, -0.2) is 0 Å². The molecule has 3 heteroatoms. The summed E-state index contributed by atoms with van der Waals surface area (Å²) in [6.07, 6.45) is 4.22. The van der Waals surface area contributed by atoms with Gasteiger partial charge in [0, 0.05) is 16.8 Å². The SMILES string of the molecule is CC1CCCC(CN)(C(O)c2cccs2)C1. The van der Waals surface area contributed by atoms with E-state index in [1.165, 1.54) is 12.8 Å². The third-order valence-corrected chi connectivity index (χ3v) is 4.85. The summed E-state index contributed by atoms with van der Waals surface area (Å²) >= 11 is 1.63. The highest BCUT2D eigenvalue weighted by Crippen LogP contribution is 2.47. The van der Waals surface area contributed by atoms with Gasteiger partial charge in [0.25, 0.3) is 0 Å². The molecule has 1 fully saturated rings. The molecule has 2 nitrogen and oxygen atoms in total. The van der Waals surface area contributed by atoms with Gasteiger partial charge in [-0.1, -0.05) is 25.8 Å². The monoisotopic (exact) mass is 239 g/mol. The minimum atomic E-state index is -0.375. The van der Waals surface area contributed by atoms with Crippen molar-refractivity contribution in [2.75, 3.05) is 6.54 Å². The summed E-state index contributed by atoms with van der Waals surface area (Å²) in [5, 5.41) is 12.6. The lowest BCUT2D eigenvalue weighted by molar-refractivity contribution is -0.0108. The van der Waals surface area contributed by atoms with E-state index >= 15 is 0 Å². The minimum absolute atomic E-state index is 0.0808. The number of aliphatic hydroxyl groups excluding tert-OH is 1. The van der Waals surface area contributed by atoms with Crippen LogP contribution in [0.5, 0.6) is 0 Å². The van der Waals surface area contributed by atoms with Crippen LogP contribution < -0.4 is 5.73 Å². The molecular weight excluding hydrogens is 218 g/mol. The third-order valence-electron chi connectivity index (χ3n) is 3.93. The molecule has 1 aromatic heterocycles. The van der Waals surface area contributed by atoms with E-state index in [1.54, 1.807) is 11.3 Å². The molecule has 0 bridgehead atoms. The fourth-order valence-corrected chi connectivity index (χ4v) is 3.85. The maximum Gasteiger partial charge on any atom is 0.0950 e. The molecule has 1 aliphatic rings. The fraction of sp³-hybridized carbons (Fsp3) is 0.692. The Bertz CT molecular complexity index is 325. The van der Waals surface area contributed by atoms with Gasteiger partial charge in [0.15, 0.2) is 0 Å². The van der Waals surface area contributed by atoms with Gasteiger partial charge in [0.2, 0.25) is 0 Å². The van der Waals surface area contributed by atoms with Crippen molar-refractivity contribution < 1.29 is 5.11 Å². The van der Waals surface area contributed by atoms with Gasteiger partial charge in [0.1, 0.15) is 0 Å². The van der Waals surface area contributed by atoms with Crippen LogP contribution in [0.2, 0.25) is 0 Å².